The maximum atomic E-state index is 13.5. The zero-order valence-electron chi connectivity index (χ0n) is 18.1. The monoisotopic (exact) mass is 439 g/mol. The van der Waals surface area contributed by atoms with Gasteiger partial charge in [-0.2, -0.15) is 10.4 Å². The number of pyridine rings is 1. The number of carbonyl (C=O) groups is 2. The number of methoxy groups -OCH3 is 1. The molecule has 8 heteroatoms. The number of nitrogens with one attached hydrogen (secondary N) is 1. The van der Waals surface area contributed by atoms with Crippen LogP contribution in [0.1, 0.15) is 17.3 Å². The summed E-state index contributed by atoms with van der Waals surface area (Å²) >= 11 is 0. The number of aromatic nitrogens is 3. The van der Waals surface area contributed by atoms with E-state index in [1.165, 1.54) is 7.11 Å². The molecule has 0 radical (unpaired) electrons. The van der Waals surface area contributed by atoms with Crippen LogP contribution in [0.5, 0.6) is 5.75 Å². The van der Waals surface area contributed by atoms with E-state index in [1.807, 2.05) is 43.3 Å². The zero-order chi connectivity index (χ0) is 23.4. The van der Waals surface area contributed by atoms with Crippen molar-refractivity contribution < 1.29 is 14.3 Å². The van der Waals surface area contributed by atoms with Crippen LogP contribution in [0.15, 0.2) is 66.9 Å². The molecule has 33 heavy (non-hydrogen) atoms. The number of Topliss-reactive ketones (excluding diaryl/α,β-unsaturated/α-hetero) is 1. The number of hydrogen-bond acceptors (Lipinski definition) is 6. The molecule has 8 nitrogen and oxygen atoms in total. The summed E-state index contributed by atoms with van der Waals surface area (Å²) in [6.45, 7) is 2.48. The van der Waals surface area contributed by atoms with Crippen molar-refractivity contribution in [3.05, 3.63) is 72.4 Å². The second-order valence-electron chi connectivity index (χ2n) is 7.27. The van der Waals surface area contributed by atoms with Crippen LogP contribution in [-0.2, 0) is 11.3 Å². The van der Waals surface area contributed by atoms with Gasteiger partial charge in [-0.15, -0.1) is 0 Å². The molecule has 0 saturated carbocycles. The lowest BCUT2D eigenvalue weighted by Gasteiger charge is -2.12. The van der Waals surface area contributed by atoms with Gasteiger partial charge in [0, 0.05) is 34.8 Å². The topological polar surface area (TPSA) is 110 Å². The standard InChI is InChI=1S/C25H21N5O3/c1-3-30-24-21(15-27-30)19(13-22(29-24)16-8-5-4-6-9-16)23(31)20(14-26)25(32)28-17-10-7-11-18(12-17)33-2/h4-13,15,20H,3H2,1-2H3,(H,28,32). The number of ether oxygens (including phenoxy) is 1. The van der Waals surface area contributed by atoms with E-state index < -0.39 is 17.6 Å². The van der Waals surface area contributed by atoms with Crippen molar-refractivity contribution in [2.24, 2.45) is 5.92 Å². The first-order chi connectivity index (χ1) is 16.0. The number of ketones is 1. The lowest BCUT2D eigenvalue weighted by atomic mass is 9.95. The summed E-state index contributed by atoms with van der Waals surface area (Å²) in [5.74, 6) is -2.33. The molecule has 2 aromatic carbocycles. The normalized spacial score (nSPS) is 11.5. The van der Waals surface area contributed by atoms with E-state index in [9.17, 15) is 14.9 Å². The minimum absolute atomic E-state index is 0.228. The minimum atomic E-state index is -1.55. The third-order valence-electron chi connectivity index (χ3n) is 5.23. The van der Waals surface area contributed by atoms with Crippen molar-refractivity contribution >= 4 is 28.4 Å². The SMILES string of the molecule is CCn1ncc2c(C(=O)C(C#N)C(=O)Nc3cccc(OC)c3)cc(-c3ccccc3)nc21. The van der Waals surface area contributed by atoms with Gasteiger partial charge in [-0.3, -0.25) is 9.59 Å². The highest BCUT2D eigenvalue weighted by Gasteiger charge is 2.30. The van der Waals surface area contributed by atoms with Gasteiger partial charge in [0.25, 0.3) is 0 Å². The molecule has 0 saturated heterocycles. The Balaban J connectivity index is 1.74. The molecule has 0 fully saturated rings. The molecule has 0 bridgehead atoms. The Morgan fingerprint density at radius 3 is 2.64 bits per heavy atom. The molecule has 1 amide bonds. The van der Waals surface area contributed by atoms with Crippen LogP contribution >= 0.6 is 0 Å². The quantitative estimate of drug-likeness (QED) is 0.343. The van der Waals surface area contributed by atoms with Crippen LogP contribution in [0.3, 0.4) is 0 Å². The lowest BCUT2D eigenvalue weighted by molar-refractivity contribution is -0.117. The van der Waals surface area contributed by atoms with Crippen LogP contribution in [0, 0.1) is 17.2 Å². The number of anilines is 1. The average molecular weight is 439 g/mol. The molecule has 1 atom stereocenters. The number of fused-ring (bicyclic) bond motifs is 1. The molecule has 0 aliphatic heterocycles. The molecule has 2 aromatic heterocycles. The zero-order valence-corrected chi connectivity index (χ0v) is 18.1. The molecule has 0 aliphatic carbocycles. The number of nitrogens with zero attached hydrogens (tertiary/aromatic N) is 4. The van der Waals surface area contributed by atoms with Crippen LogP contribution in [0.25, 0.3) is 22.3 Å². The van der Waals surface area contributed by atoms with E-state index >= 15 is 0 Å². The van der Waals surface area contributed by atoms with Crippen LogP contribution < -0.4 is 10.1 Å². The molecule has 2 heterocycles. The fourth-order valence-corrected chi connectivity index (χ4v) is 3.55. The first kappa shape index (κ1) is 21.7. The summed E-state index contributed by atoms with van der Waals surface area (Å²) in [6.07, 6.45) is 1.54. The van der Waals surface area contributed by atoms with Gasteiger partial charge in [0.15, 0.2) is 17.3 Å². The molecule has 1 N–H and O–H groups in total. The number of carbonyl (C=O) groups excluding carboxylic acids is 2. The Hall–Kier alpha value is -4.51. The Morgan fingerprint density at radius 2 is 1.94 bits per heavy atom. The molecule has 0 aliphatic rings. The predicted octanol–water partition coefficient (Wildman–Crippen LogP) is 4.09. The average Bonchev–Trinajstić information content (AvgIpc) is 3.27. The number of aryl methyl sites for hydroxylation is 1. The number of hydrogen-bond donors (Lipinski definition) is 1. The Morgan fingerprint density at radius 1 is 1.15 bits per heavy atom. The van der Waals surface area contributed by atoms with Crippen molar-refractivity contribution in [2.45, 2.75) is 13.5 Å². The fourth-order valence-electron chi connectivity index (χ4n) is 3.55. The first-order valence-electron chi connectivity index (χ1n) is 10.4. The number of nitriles is 1. The lowest BCUT2D eigenvalue weighted by Crippen LogP contribution is -2.29. The second kappa shape index (κ2) is 9.32. The molecule has 1 unspecified atom stereocenters. The maximum absolute atomic E-state index is 13.5. The van der Waals surface area contributed by atoms with Gasteiger partial charge in [-0.1, -0.05) is 36.4 Å². The van der Waals surface area contributed by atoms with Gasteiger partial charge in [0.2, 0.25) is 5.91 Å². The molecule has 4 rings (SSSR count). The van der Waals surface area contributed by atoms with Gasteiger partial charge in [0.05, 0.1) is 25.1 Å². The third kappa shape index (κ3) is 4.29. The van der Waals surface area contributed by atoms with Gasteiger partial charge >= 0.3 is 0 Å². The van der Waals surface area contributed by atoms with E-state index in [1.54, 1.807) is 41.2 Å². The van der Waals surface area contributed by atoms with E-state index in [4.69, 9.17) is 4.74 Å². The van der Waals surface area contributed by atoms with Crippen LogP contribution in [0.2, 0.25) is 0 Å². The second-order valence-corrected chi connectivity index (χ2v) is 7.27. The number of benzene rings is 2. The summed E-state index contributed by atoms with van der Waals surface area (Å²) < 4.78 is 6.83. The van der Waals surface area contributed by atoms with E-state index in [-0.39, 0.29) is 5.56 Å². The minimum Gasteiger partial charge on any atom is -0.497 e. The van der Waals surface area contributed by atoms with Crippen LogP contribution in [-0.4, -0.2) is 33.6 Å². The van der Waals surface area contributed by atoms with Crippen molar-refractivity contribution in [1.82, 2.24) is 14.8 Å². The Bertz CT molecular complexity index is 1370. The number of amides is 1. The summed E-state index contributed by atoms with van der Waals surface area (Å²) in [5.41, 5.74) is 2.55. The van der Waals surface area contributed by atoms with E-state index in [0.717, 1.165) is 5.56 Å². The van der Waals surface area contributed by atoms with Crippen LogP contribution in [0.4, 0.5) is 5.69 Å². The van der Waals surface area contributed by atoms with Crippen molar-refractivity contribution in [2.75, 3.05) is 12.4 Å². The highest BCUT2D eigenvalue weighted by Crippen LogP contribution is 2.27. The largest absolute Gasteiger partial charge is 0.497 e. The Labute approximate surface area is 190 Å². The van der Waals surface area contributed by atoms with Crippen molar-refractivity contribution in [1.29, 1.82) is 5.26 Å². The third-order valence-corrected chi connectivity index (χ3v) is 5.23. The summed E-state index contributed by atoms with van der Waals surface area (Å²) in [7, 11) is 1.51. The smallest absolute Gasteiger partial charge is 0.249 e. The Kier molecular flexibility index (Phi) is 6.13. The fraction of sp³-hybridized carbons (Fsp3) is 0.160. The highest BCUT2D eigenvalue weighted by atomic mass is 16.5. The van der Waals surface area contributed by atoms with Gasteiger partial charge in [-0.05, 0) is 25.1 Å². The molecule has 0 spiro atoms. The van der Waals surface area contributed by atoms with Crippen molar-refractivity contribution in [3.63, 3.8) is 0 Å². The molecular formula is C25H21N5O3. The molecular weight excluding hydrogens is 418 g/mol. The van der Waals surface area contributed by atoms with Crippen molar-refractivity contribution in [3.8, 4) is 23.1 Å². The molecule has 4 aromatic rings. The number of rotatable bonds is 7. The summed E-state index contributed by atoms with van der Waals surface area (Å²) in [5, 5.41) is 17.2. The summed E-state index contributed by atoms with van der Waals surface area (Å²) in [6, 6.07) is 19.6. The predicted molar refractivity (Wildman–Crippen MR) is 124 cm³/mol. The first-order valence-corrected chi connectivity index (χ1v) is 10.4. The maximum Gasteiger partial charge on any atom is 0.249 e. The van der Waals surface area contributed by atoms with Gasteiger partial charge < -0.3 is 10.1 Å². The van der Waals surface area contributed by atoms with E-state index in [0.29, 0.717) is 34.7 Å². The van der Waals surface area contributed by atoms with Gasteiger partial charge in [0.1, 0.15) is 5.75 Å². The highest BCUT2D eigenvalue weighted by molar-refractivity contribution is 6.19. The van der Waals surface area contributed by atoms with Gasteiger partial charge in [-0.25, -0.2) is 9.67 Å². The summed E-state index contributed by atoms with van der Waals surface area (Å²) in [4.78, 5) is 31.0. The van der Waals surface area contributed by atoms with E-state index in [2.05, 4.69) is 15.4 Å². The molecule has 164 valence electrons.